The van der Waals surface area contributed by atoms with E-state index >= 15 is 0 Å². The first-order valence-corrected chi connectivity index (χ1v) is 6.45. The number of aryl methyl sites for hydroxylation is 1. The van der Waals surface area contributed by atoms with E-state index in [4.69, 9.17) is 11.6 Å². The van der Waals surface area contributed by atoms with Crippen molar-refractivity contribution >= 4 is 17.3 Å². The summed E-state index contributed by atoms with van der Waals surface area (Å²) in [4.78, 5) is 2.08. The van der Waals surface area contributed by atoms with Crippen LogP contribution in [0.1, 0.15) is 16.7 Å². The zero-order valence-electron chi connectivity index (χ0n) is 11.0. The van der Waals surface area contributed by atoms with Crippen molar-refractivity contribution in [2.75, 3.05) is 11.9 Å². The lowest BCUT2D eigenvalue weighted by molar-refractivity contribution is 0.915. The van der Waals surface area contributed by atoms with E-state index < -0.39 is 0 Å². The largest absolute Gasteiger partial charge is 0.369 e. The fourth-order valence-corrected chi connectivity index (χ4v) is 2.46. The Labute approximate surface area is 118 Å². The highest BCUT2D eigenvalue weighted by atomic mass is 35.5. The van der Waals surface area contributed by atoms with Gasteiger partial charge in [0.05, 0.1) is 11.3 Å². The highest BCUT2D eigenvalue weighted by Crippen LogP contribution is 2.25. The third-order valence-electron chi connectivity index (χ3n) is 3.05. The molecule has 2 nitrogen and oxygen atoms in total. The van der Waals surface area contributed by atoms with Gasteiger partial charge in [0, 0.05) is 18.6 Å². The normalized spacial score (nSPS) is 10.0. The summed E-state index contributed by atoms with van der Waals surface area (Å²) < 4.78 is 0. The van der Waals surface area contributed by atoms with Gasteiger partial charge in [-0.3, -0.25) is 0 Å². The SMILES string of the molecule is Cc1cccc(C#N)c1N(C)Cc1cccc(Cl)c1. The Morgan fingerprint density at radius 2 is 1.95 bits per heavy atom. The van der Waals surface area contributed by atoms with Crippen LogP contribution in [0.15, 0.2) is 42.5 Å². The second-order valence-corrected chi connectivity index (χ2v) is 5.01. The molecular formula is C16H15ClN2. The van der Waals surface area contributed by atoms with Crippen molar-refractivity contribution in [1.82, 2.24) is 0 Å². The van der Waals surface area contributed by atoms with Crippen molar-refractivity contribution in [3.8, 4) is 6.07 Å². The summed E-state index contributed by atoms with van der Waals surface area (Å²) in [5, 5.41) is 9.94. The molecule has 0 fully saturated rings. The average Bonchev–Trinajstić information content (AvgIpc) is 2.38. The molecule has 96 valence electrons. The van der Waals surface area contributed by atoms with Gasteiger partial charge in [-0.1, -0.05) is 35.9 Å². The van der Waals surface area contributed by atoms with Gasteiger partial charge in [0.15, 0.2) is 0 Å². The smallest absolute Gasteiger partial charge is 0.101 e. The van der Waals surface area contributed by atoms with Crippen LogP contribution in [0.2, 0.25) is 5.02 Å². The molecule has 2 aromatic rings. The van der Waals surface area contributed by atoms with Gasteiger partial charge in [-0.2, -0.15) is 5.26 Å². The minimum atomic E-state index is 0.699. The predicted molar refractivity (Wildman–Crippen MR) is 79.5 cm³/mol. The Hall–Kier alpha value is -1.98. The topological polar surface area (TPSA) is 27.0 Å². The number of anilines is 1. The van der Waals surface area contributed by atoms with Crippen LogP contribution in [-0.2, 0) is 6.54 Å². The maximum atomic E-state index is 9.20. The van der Waals surface area contributed by atoms with Crippen LogP contribution < -0.4 is 4.90 Å². The second kappa shape index (κ2) is 5.77. The zero-order valence-corrected chi connectivity index (χ0v) is 11.8. The number of nitriles is 1. The Morgan fingerprint density at radius 3 is 2.63 bits per heavy atom. The second-order valence-electron chi connectivity index (χ2n) is 4.57. The zero-order chi connectivity index (χ0) is 13.8. The van der Waals surface area contributed by atoms with Crippen LogP contribution in [-0.4, -0.2) is 7.05 Å². The lowest BCUT2D eigenvalue weighted by atomic mass is 10.1. The Kier molecular flexibility index (Phi) is 4.09. The molecule has 0 aliphatic rings. The third-order valence-corrected chi connectivity index (χ3v) is 3.28. The van der Waals surface area contributed by atoms with Gasteiger partial charge in [0.2, 0.25) is 0 Å². The van der Waals surface area contributed by atoms with E-state index in [-0.39, 0.29) is 0 Å². The molecule has 0 radical (unpaired) electrons. The van der Waals surface area contributed by atoms with Crippen LogP contribution in [0.5, 0.6) is 0 Å². The molecule has 3 heteroatoms. The van der Waals surface area contributed by atoms with E-state index in [0.717, 1.165) is 28.4 Å². The maximum Gasteiger partial charge on any atom is 0.101 e. The molecular weight excluding hydrogens is 256 g/mol. The molecule has 0 aliphatic carbocycles. The summed E-state index contributed by atoms with van der Waals surface area (Å²) in [6, 6.07) is 15.8. The van der Waals surface area contributed by atoms with Gasteiger partial charge in [-0.15, -0.1) is 0 Å². The fourth-order valence-electron chi connectivity index (χ4n) is 2.24. The van der Waals surface area contributed by atoms with E-state index in [9.17, 15) is 5.26 Å². The number of para-hydroxylation sites is 1. The number of nitrogens with zero attached hydrogens (tertiary/aromatic N) is 2. The molecule has 0 amide bonds. The van der Waals surface area contributed by atoms with Crippen LogP contribution in [0.25, 0.3) is 0 Å². The van der Waals surface area contributed by atoms with Gasteiger partial charge in [0.25, 0.3) is 0 Å². The average molecular weight is 271 g/mol. The van der Waals surface area contributed by atoms with Crippen molar-refractivity contribution in [2.45, 2.75) is 13.5 Å². The summed E-state index contributed by atoms with van der Waals surface area (Å²) in [5.41, 5.74) is 3.90. The summed E-state index contributed by atoms with van der Waals surface area (Å²) in [6.45, 7) is 2.74. The first-order valence-electron chi connectivity index (χ1n) is 6.07. The van der Waals surface area contributed by atoms with E-state index in [2.05, 4.69) is 11.0 Å². The number of rotatable bonds is 3. The molecule has 0 saturated carbocycles. The minimum absolute atomic E-state index is 0.699. The summed E-state index contributed by atoms with van der Waals surface area (Å²) in [5.74, 6) is 0. The molecule has 0 heterocycles. The monoisotopic (exact) mass is 270 g/mol. The summed E-state index contributed by atoms with van der Waals surface area (Å²) >= 11 is 5.99. The van der Waals surface area contributed by atoms with Crippen LogP contribution in [0.3, 0.4) is 0 Å². The molecule has 0 spiro atoms. The van der Waals surface area contributed by atoms with Crippen LogP contribution >= 0.6 is 11.6 Å². The number of hydrogen-bond acceptors (Lipinski definition) is 2. The Morgan fingerprint density at radius 1 is 1.21 bits per heavy atom. The molecule has 0 aromatic heterocycles. The minimum Gasteiger partial charge on any atom is -0.369 e. The fraction of sp³-hybridized carbons (Fsp3) is 0.188. The number of hydrogen-bond donors (Lipinski definition) is 0. The molecule has 0 unspecified atom stereocenters. The number of halogens is 1. The van der Waals surface area contributed by atoms with Gasteiger partial charge in [-0.05, 0) is 36.2 Å². The highest BCUT2D eigenvalue weighted by Gasteiger charge is 2.10. The van der Waals surface area contributed by atoms with Gasteiger partial charge in [-0.25, -0.2) is 0 Å². The quantitative estimate of drug-likeness (QED) is 0.837. The standard InChI is InChI=1S/C16H15ClN2/c1-12-5-3-7-14(10-18)16(12)19(2)11-13-6-4-8-15(17)9-13/h3-9H,11H2,1-2H3. The van der Waals surface area contributed by atoms with Gasteiger partial charge in [0.1, 0.15) is 6.07 Å². The molecule has 19 heavy (non-hydrogen) atoms. The van der Waals surface area contributed by atoms with Gasteiger partial charge < -0.3 is 4.90 Å². The van der Waals surface area contributed by atoms with E-state index in [1.807, 2.05) is 56.4 Å². The molecule has 0 atom stereocenters. The Bertz CT molecular complexity index is 629. The van der Waals surface area contributed by atoms with Crippen LogP contribution in [0.4, 0.5) is 5.69 Å². The molecule has 0 bridgehead atoms. The van der Waals surface area contributed by atoms with Crippen molar-refractivity contribution < 1.29 is 0 Å². The first-order chi connectivity index (χ1) is 9.11. The lowest BCUT2D eigenvalue weighted by Gasteiger charge is -2.22. The third kappa shape index (κ3) is 3.07. The molecule has 0 aliphatic heterocycles. The Balaban J connectivity index is 2.30. The number of benzene rings is 2. The molecule has 2 aromatic carbocycles. The van der Waals surface area contributed by atoms with Gasteiger partial charge >= 0.3 is 0 Å². The predicted octanol–water partition coefficient (Wildman–Crippen LogP) is 4.16. The molecule has 2 rings (SSSR count). The summed E-state index contributed by atoms with van der Waals surface area (Å²) in [6.07, 6.45) is 0. The highest BCUT2D eigenvalue weighted by molar-refractivity contribution is 6.30. The van der Waals surface area contributed by atoms with Crippen molar-refractivity contribution in [3.63, 3.8) is 0 Å². The first kappa shape index (κ1) is 13.5. The summed E-state index contributed by atoms with van der Waals surface area (Å²) in [7, 11) is 1.99. The van der Waals surface area contributed by atoms with Crippen molar-refractivity contribution in [3.05, 3.63) is 64.2 Å². The molecule has 0 N–H and O–H groups in total. The lowest BCUT2D eigenvalue weighted by Crippen LogP contribution is -2.18. The van der Waals surface area contributed by atoms with Crippen molar-refractivity contribution in [1.29, 1.82) is 5.26 Å². The van der Waals surface area contributed by atoms with E-state index in [0.29, 0.717) is 5.56 Å². The van der Waals surface area contributed by atoms with E-state index in [1.165, 1.54) is 0 Å². The van der Waals surface area contributed by atoms with Crippen molar-refractivity contribution in [2.24, 2.45) is 0 Å². The molecule has 0 saturated heterocycles. The maximum absolute atomic E-state index is 9.20. The van der Waals surface area contributed by atoms with Crippen LogP contribution in [0, 0.1) is 18.3 Å². The van der Waals surface area contributed by atoms with E-state index in [1.54, 1.807) is 0 Å².